The zero-order chi connectivity index (χ0) is 32.8. The highest BCUT2D eigenvalue weighted by atomic mass is 15.0. The maximum absolute atomic E-state index is 2.54. The zero-order valence-electron chi connectivity index (χ0n) is 28.3. The molecule has 0 radical (unpaired) electrons. The van der Waals surface area contributed by atoms with E-state index in [1.54, 1.807) is 0 Å². The third-order valence-electron chi connectivity index (χ3n) is 10.7. The molecule has 1 heterocycles. The maximum Gasteiger partial charge on any atom is 0.0714 e. The van der Waals surface area contributed by atoms with Crippen molar-refractivity contribution >= 4 is 32.6 Å². The lowest BCUT2D eigenvalue weighted by atomic mass is 9.67. The number of nitrogens with zero attached hydrogens (tertiary/aromatic N) is 1. The molecule has 0 saturated carbocycles. The Morgan fingerprint density at radius 3 is 1.71 bits per heavy atom. The first kappa shape index (κ1) is 28.8. The van der Waals surface area contributed by atoms with E-state index in [1.165, 1.54) is 88.3 Å². The van der Waals surface area contributed by atoms with Crippen molar-refractivity contribution in [2.45, 2.75) is 45.4 Å². The molecule has 0 N–H and O–H groups in total. The second-order valence-electron chi connectivity index (χ2n) is 14.7. The van der Waals surface area contributed by atoms with E-state index in [9.17, 15) is 0 Å². The minimum Gasteiger partial charge on any atom is -0.309 e. The molecule has 232 valence electrons. The van der Waals surface area contributed by atoms with Crippen molar-refractivity contribution < 1.29 is 0 Å². The molecular weight excluding hydrogens is 579 g/mol. The van der Waals surface area contributed by atoms with Gasteiger partial charge in [0.2, 0.25) is 0 Å². The van der Waals surface area contributed by atoms with E-state index in [1.807, 2.05) is 0 Å². The summed E-state index contributed by atoms with van der Waals surface area (Å²) in [5.41, 5.74) is 15.1. The van der Waals surface area contributed by atoms with E-state index >= 15 is 0 Å². The molecule has 48 heavy (non-hydrogen) atoms. The van der Waals surface area contributed by atoms with Crippen LogP contribution in [0.25, 0.3) is 49.4 Å². The summed E-state index contributed by atoms with van der Waals surface area (Å²) in [5.74, 6) is 0. The largest absolute Gasteiger partial charge is 0.309 e. The summed E-state index contributed by atoms with van der Waals surface area (Å²) in [4.78, 5) is 0. The van der Waals surface area contributed by atoms with Gasteiger partial charge in [0.15, 0.2) is 0 Å². The first-order valence-electron chi connectivity index (χ1n) is 17.1. The second kappa shape index (κ2) is 10.3. The lowest BCUT2D eigenvalue weighted by molar-refractivity contribution is 0.591. The summed E-state index contributed by atoms with van der Waals surface area (Å²) >= 11 is 0. The Bertz CT molecular complexity index is 2500. The highest BCUT2D eigenvalue weighted by Gasteiger charge is 2.47. The molecule has 0 aliphatic heterocycles. The third-order valence-corrected chi connectivity index (χ3v) is 10.7. The second-order valence-corrected chi connectivity index (χ2v) is 14.7. The van der Waals surface area contributed by atoms with E-state index in [4.69, 9.17) is 0 Å². The first-order valence-corrected chi connectivity index (χ1v) is 17.1. The highest BCUT2D eigenvalue weighted by molar-refractivity contribution is 6.13. The summed E-state index contributed by atoms with van der Waals surface area (Å²) < 4.78 is 2.54. The van der Waals surface area contributed by atoms with Gasteiger partial charge in [0.25, 0.3) is 0 Å². The molecule has 1 aliphatic carbocycles. The Hall–Kier alpha value is -5.40. The maximum atomic E-state index is 2.54. The first-order chi connectivity index (χ1) is 23.3. The molecule has 7 aromatic carbocycles. The van der Waals surface area contributed by atoms with Crippen molar-refractivity contribution in [3.8, 4) is 16.8 Å². The minimum absolute atomic E-state index is 0.0571. The fraction of sp³-hybridized carbons (Fsp3) is 0.149. The fourth-order valence-electron chi connectivity index (χ4n) is 8.49. The SMILES string of the molecule is Cc1ccc2c(c1)C(c1ccccc1)(c1ccccc1)c1cc(-n3c4ccc(C)cc4c4cc(C(C)(C)C)ccc43)c3ccccc3c1-2. The van der Waals surface area contributed by atoms with Gasteiger partial charge in [-0.3, -0.25) is 0 Å². The molecule has 8 aromatic rings. The van der Waals surface area contributed by atoms with Gasteiger partial charge in [-0.15, -0.1) is 0 Å². The molecule has 0 saturated heterocycles. The van der Waals surface area contributed by atoms with Crippen molar-refractivity contribution in [3.05, 3.63) is 185 Å². The lowest BCUT2D eigenvalue weighted by Gasteiger charge is -2.34. The average Bonchev–Trinajstić information content (AvgIpc) is 3.57. The van der Waals surface area contributed by atoms with Gasteiger partial charge in [0.1, 0.15) is 0 Å². The van der Waals surface area contributed by atoms with Crippen LogP contribution in [0.5, 0.6) is 0 Å². The van der Waals surface area contributed by atoms with E-state index in [0.29, 0.717) is 0 Å². The third kappa shape index (κ3) is 3.97. The van der Waals surface area contributed by atoms with Crippen molar-refractivity contribution in [2.75, 3.05) is 0 Å². The van der Waals surface area contributed by atoms with Crippen LogP contribution in [0.2, 0.25) is 0 Å². The lowest BCUT2D eigenvalue weighted by Crippen LogP contribution is -2.28. The normalized spacial score (nSPS) is 13.7. The van der Waals surface area contributed by atoms with Gasteiger partial charge < -0.3 is 4.57 Å². The van der Waals surface area contributed by atoms with Crippen LogP contribution in [-0.4, -0.2) is 4.57 Å². The van der Waals surface area contributed by atoms with Crippen LogP contribution in [0.1, 0.15) is 59.7 Å². The van der Waals surface area contributed by atoms with Gasteiger partial charge in [0.05, 0.1) is 22.1 Å². The fourth-order valence-corrected chi connectivity index (χ4v) is 8.49. The summed E-state index contributed by atoms with van der Waals surface area (Å²) in [5, 5.41) is 5.16. The van der Waals surface area contributed by atoms with Gasteiger partial charge in [-0.25, -0.2) is 0 Å². The number of fused-ring (bicyclic) bond motifs is 8. The Kier molecular flexibility index (Phi) is 6.18. The number of aryl methyl sites for hydroxylation is 2. The molecular formula is C47H39N. The molecule has 0 bridgehead atoms. The number of rotatable bonds is 3. The van der Waals surface area contributed by atoms with Gasteiger partial charge in [-0.1, -0.05) is 147 Å². The van der Waals surface area contributed by atoms with Gasteiger partial charge in [-0.05, 0) is 93.9 Å². The Labute approximate surface area is 283 Å². The van der Waals surface area contributed by atoms with Crippen LogP contribution in [-0.2, 0) is 10.8 Å². The van der Waals surface area contributed by atoms with Gasteiger partial charge in [-0.2, -0.15) is 0 Å². The van der Waals surface area contributed by atoms with Crippen molar-refractivity contribution in [3.63, 3.8) is 0 Å². The monoisotopic (exact) mass is 617 g/mol. The predicted molar refractivity (Wildman–Crippen MR) is 204 cm³/mol. The highest BCUT2D eigenvalue weighted by Crippen LogP contribution is 2.59. The molecule has 1 heteroatoms. The van der Waals surface area contributed by atoms with E-state index in [0.717, 1.165) is 0 Å². The Morgan fingerprint density at radius 2 is 1.04 bits per heavy atom. The molecule has 0 atom stereocenters. The van der Waals surface area contributed by atoms with Crippen molar-refractivity contribution in [1.82, 2.24) is 4.57 Å². The summed E-state index contributed by atoms with van der Waals surface area (Å²) in [6.45, 7) is 11.3. The molecule has 0 unspecified atom stereocenters. The molecule has 1 aromatic heterocycles. The number of hydrogen-bond acceptors (Lipinski definition) is 0. The van der Waals surface area contributed by atoms with Crippen LogP contribution in [0.4, 0.5) is 0 Å². The van der Waals surface area contributed by atoms with E-state index < -0.39 is 5.41 Å². The van der Waals surface area contributed by atoms with E-state index in [-0.39, 0.29) is 5.41 Å². The molecule has 9 rings (SSSR count). The number of aromatic nitrogens is 1. The van der Waals surface area contributed by atoms with Crippen LogP contribution in [0, 0.1) is 13.8 Å². The van der Waals surface area contributed by atoms with Crippen LogP contribution >= 0.6 is 0 Å². The van der Waals surface area contributed by atoms with E-state index in [2.05, 4.69) is 185 Å². The quantitative estimate of drug-likeness (QED) is 0.186. The van der Waals surface area contributed by atoms with Gasteiger partial charge >= 0.3 is 0 Å². The topological polar surface area (TPSA) is 4.93 Å². The van der Waals surface area contributed by atoms with Crippen molar-refractivity contribution in [1.29, 1.82) is 0 Å². The standard InChI is InChI=1S/C47H39N/c1-30-21-24-42-38(26-30)39-28-34(46(3,4)5)22-25-43(39)48(42)44-29-41-45(36-19-13-12-18-35(36)44)37-23-20-31(2)27-40(37)47(41,32-14-8-6-9-15-32)33-16-10-7-11-17-33/h6-29H,1-5H3. The Morgan fingerprint density at radius 1 is 0.479 bits per heavy atom. The smallest absolute Gasteiger partial charge is 0.0714 e. The predicted octanol–water partition coefficient (Wildman–Crippen LogP) is 12.2. The summed E-state index contributed by atoms with van der Waals surface area (Å²) in [6.07, 6.45) is 0. The molecule has 0 amide bonds. The zero-order valence-corrected chi connectivity index (χ0v) is 28.3. The summed E-state index contributed by atoms with van der Waals surface area (Å²) in [6, 6.07) is 55.0. The molecule has 1 nitrogen and oxygen atoms in total. The molecule has 0 spiro atoms. The molecule has 1 aliphatic rings. The Balaban J connectivity index is 1.49. The van der Waals surface area contributed by atoms with Crippen LogP contribution in [0.3, 0.4) is 0 Å². The number of benzene rings is 7. The average molecular weight is 618 g/mol. The number of hydrogen-bond donors (Lipinski definition) is 0. The van der Waals surface area contributed by atoms with Crippen molar-refractivity contribution in [2.24, 2.45) is 0 Å². The summed E-state index contributed by atoms with van der Waals surface area (Å²) in [7, 11) is 0. The van der Waals surface area contributed by atoms with Gasteiger partial charge in [0, 0.05) is 16.2 Å². The minimum atomic E-state index is -0.479. The van der Waals surface area contributed by atoms with Crippen LogP contribution in [0.15, 0.2) is 146 Å². The van der Waals surface area contributed by atoms with Crippen LogP contribution < -0.4 is 0 Å². The molecule has 0 fully saturated rings.